The summed E-state index contributed by atoms with van der Waals surface area (Å²) in [6.07, 6.45) is 0. The van der Waals surface area contributed by atoms with Crippen molar-refractivity contribution in [2.75, 3.05) is 5.32 Å². The van der Waals surface area contributed by atoms with Crippen molar-refractivity contribution in [2.24, 2.45) is 5.73 Å². The van der Waals surface area contributed by atoms with Gasteiger partial charge in [-0.05, 0) is 55.5 Å². The van der Waals surface area contributed by atoms with Crippen LogP contribution in [0.4, 0.5) is 5.69 Å². The molecule has 0 aliphatic heterocycles. The van der Waals surface area contributed by atoms with Gasteiger partial charge in [0.2, 0.25) is 5.91 Å². The lowest BCUT2D eigenvalue weighted by Crippen LogP contribution is -2.14. The summed E-state index contributed by atoms with van der Waals surface area (Å²) in [4.78, 5) is 23.6. The molecular formula is C21H18N2O3. The SMILES string of the molecule is Cc1ccc(Oc2ccccc2NC(=O)c2ccc(C(N)=O)cc2)cc1. The van der Waals surface area contributed by atoms with Crippen LogP contribution in [0.3, 0.4) is 0 Å². The van der Waals surface area contributed by atoms with E-state index in [-0.39, 0.29) is 5.91 Å². The van der Waals surface area contributed by atoms with Gasteiger partial charge in [0.1, 0.15) is 5.75 Å². The fraction of sp³-hybridized carbons (Fsp3) is 0.0476. The maximum atomic E-state index is 12.5. The third kappa shape index (κ3) is 4.08. The van der Waals surface area contributed by atoms with Gasteiger partial charge in [0.15, 0.2) is 5.75 Å². The standard InChI is InChI=1S/C21H18N2O3/c1-14-6-12-17(13-7-14)26-19-5-3-2-4-18(19)23-21(25)16-10-8-15(9-11-16)20(22)24/h2-13H,1H3,(H2,22,24)(H,23,25). The number of hydrogen-bond donors (Lipinski definition) is 2. The Morgan fingerprint density at radius 1 is 0.846 bits per heavy atom. The summed E-state index contributed by atoms with van der Waals surface area (Å²) in [7, 11) is 0. The van der Waals surface area contributed by atoms with Crippen molar-refractivity contribution in [3.63, 3.8) is 0 Å². The van der Waals surface area contributed by atoms with E-state index in [0.29, 0.717) is 28.3 Å². The molecule has 0 aliphatic carbocycles. The maximum Gasteiger partial charge on any atom is 0.255 e. The maximum absolute atomic E-state index is 12.5. The third-order valence-electron chi connectivity index (χ3n) is 3.82. The van der Waals surface area contributed by atoms with Crippen molar-refractivity contribution in [1.29, 1.82) is 0 Å². The van der Waals surface area contributed by atoms with Gasteiger partial charge in [-0.1, -0.05) is 29.8 Å². The van der Waals surface area contributed by atoms with Crippen LogP contribution in [0.5, 0.6) is 11.5 Å². The molecule has 3 N–H and O–H groups in total. The van der Waals surface area contributed by atoms with Crippen molar-refractivity contribution in [3.05, 3.63) is 89.5 Å². The molecule has 3 rings (SSSR count). The molecule has 0 saturated heterocycles. The first-order valence-corrected chi connectivity index (χ1v) is 8.08. The minimum Gasteiger partial charge on any atom is -0.455 e. The molecule has 0 heterocycles. The molecule has 26 heavy (non-hydrogen) atoms. The molecule has 0 fully saturated rings. The average Bonchev–Trinajstić information content (AvgIpc) is 2.65. The molecule has 0 unspecified atom stereocenters. The zero-order valence-electron chi connectivity index (χ0n) is 14.2. The second kappa shape index (κ2) is 7.53. The lowest BCUT2D eigenvalue weighted by molar-refractivity contribution is 0.0995. The van der Waals surface area contributed by atoms with Crippen molar-refractivity contribution < 1.29 is 14.3 Å². The lowest BCUT2D eigenvalue weighted by atomic mass is 10.1. The van der Waals surface area contributed by atoms with E-state index in [4.69, 9.17) is 10.5 Å². The van der Waals surface area contributed by atoms with Gasteiger partial charge in [-0.3, -0.25) is 9.59 Å². The summed E-state index contributed by atoms with van der Waals surface area (Å²) in [5.41, 5.74) is 7.67. The number of para-hydroxylation sites is 2. The van der Waals surface area contributed by atoms with E-state index in [1.165, 1.54) is 12.1 Å². The fourth-order valence-corrected chi connectivity index (χ4v) is 2.37. The van der Waals surface area contributed by atoms with Gasteiger partial charge in [0, 0.05) is 11.1 Å². The molecule has 3 aromatic carbocycles. The van der Waals surface area contributed by atoms with E-state index in [2.05, 4.69) is 5.32 Å². The van der Waals surface area contributed by atoms with Crippen LogP contribution in [0.25, 0.3) is 0 Å². The first-order valence-electron chi connectivity index (χ1n) is 8.08. The summed E-state index contributed by atoms with van der Waals surface area (Å²) in [6.45, 7) is 2.00. The van der Waals surface area contributed by atoms with Gasteiger partial charge in [0.25, 0.3) is 5.91 Å². The Bertz CT molecular complexity index is 932. The second-order valence-corrected chi connectivity index (χ2v) is 5.81. The van der Waals surface area contributed by atoms with Crippen molar-refractivity contribution in [2.45, 2.75) is 6.92 Å². The summed E-state index contributed by atoms with van der Waals surface area (Å²) in [5.74, 6) is 0.386. The monoisotopic (exact) mass is 346 g/mol. The molecule has 0 radical (unpaired) electrons. The van der Waals surface area contributed by atoms with E-state index in [0.717, 1.165) is 5.56 Å². The zero-order valence-corrected chi connectivity index (χ0v) is 14.2. The number of nitrogens with two attached hydrogens (primary N) is 1. The molecular weight excluding hydrogens is 328 g/mol. The number of primary amides is 1. The molecule has 3 aromatic rings. The molecule has 2 amide bonds. The van der Waals surface area contributed by atoms with Crippen molar-refractivity contribution >= 4 is 17.5 Å². The predicted molar refractivity (Wildman–Crippen MR) is 101 cm³/mol. The summed E-state index contributed by atoms with van der Waals surface area (Å²) >= 11 is 0. The number of aryl methyl sites for hydroxylation is 1. The molecule has 0 aromatic heterocycles. The number of benzene rings is 3. The Labute approximate surface area is 151 Å². The summed E-state index contributed by atoms with van der Waals surface area (Å²) in [6, 6.07) is 21.0. The minimum atomic E-state index is -0.534. The molecule has 0 atom stereocenters. The van der Waals surface area contributed by atoms with E-state index >= 15 is 0 Å². The number of carbonyl (C=O) groups is 2. The topological polar surface area (TPSA) is 81.4 Å². The van der Waals surface area contributed by atoms with E-state index in [1.807, 2.05) is 43.3 Å². The molecule has 0 bridgehead atoms. The highest BCUT2D eigenvalue weighted by Gasteiger charge is 2.11. The van der Waals surface area contributed by atoms with E-state index in [9.17, 15) is 9.59 Å². The van der Waals surface area contributed by atoms with E-state index in [1.54, 1.807) is 24.3 Å². The van der Waals surface area contributed by atoms with Gasteiger partial charge in [-0.15, -0.1) is 0 Å². The number of hydrogen-bond acceptors (Lipinski definition) is 3. The van der Waals surface area contributed by atoms with Crippen molar-refractivity contribution in [3.8, 4) is 11.5 Å². The molecule has 5 heteroatoms. The summed E-state index contributed by atoms with van der Waals surface area (Å²) < 4.78 is 5.88. The third-order valence-corrected chi connectivity index (χ3v) is 3.82. The number of amides is 2. The highest BCUT2D eigenvalue weighted by molar-refractivity contribution is 6.05. The molecule has 0 spiro atoms. The highest BCUT2D eigenvalue weighted by Crippen LogP contribution is 2.29. The normalized spacial score (nSPS) is 10.2. The second-order valence-electron chi connectivity index (χ2n) is 5.81. The van der Waals surface area contributed by atoms with Gasteiger partial charge in [-0.25, -0.2) is 0 Å². The smallest absolute Gasteiger partial charge is 0.255 e. The molecule has 0 aliphatic rings. The van der Waals surface area contributed by atoms with Crippen molar-refractivity contribution in [1.82, 2.24) is 0 Å². The van der Waals surface area contributed by atoms with Crippen LogP contribution >= 0.6 is 0 Å². The van der Waals surface area contributed by atoms with Crippen LogP contribution in [-0.2, 0) is 0 Å². The first kappa shape index (κ1) is 17.2. The predicted octanol–water partition coefficient (Wildman–Crippen LogP) is 4.14. The van der Waals surface area contributed by atoms with Crippen LogP contribution in [0.15, 0.2) is 72.8 Å². The zero-order chi connectivity index (χ0) is 18.5. The van der Waals surface area contributed by atoms with Gasteiger partial charge >= 0.3 is 0 Å². The van der Waals surface area contributed by atoms with Crippen LogP contribution in [-0.4, -0.2) is 11.8 Å². The van der Waals surface area contributed by atoms with Crippen LogP contribution < -0.4 is 15.8 Å². The Kier molecular flexibility index (Phi) is 4.99. The van der Waals surface area contributed by atoms with Gasteiger partial charge in [0.05, 0.1) is 5.69 Å². The lowest BCUT2D eigenvalue weighted by Gasteiger charge is -2.12. The van der Waals surface area contributed by atoms with Gasteiger partial charge in [-0.2, -0.15) is 0 Å². The average molecular weight is 346 g/mol. The number of anilines is 1. The molecule has 0 saturated carbocycles. The Hall–Kier alpha value is -3.60. The number of rotatable bonds is 5. The number of ether oxygens (including phenoxy) is 1. The Morgan fingerprint density at radius 3 is 2.12 bits per heavy atom. The molecule has 130 valence electrons. The van der Waals surface area contributed by atoms with Gasteiger partial charge < -0.3 is 15.8 Å². The quantitative estimate of drug-likeness (QED) is 0.728. The highest BCUT2D eigenvalue weighted by atomic mass is 16.5. The largest absolute Gasteiger partial charge is 0.455 e. The van der Waals surface area contributed by atoms with Crippen LogP contribution in [0, 0.1) is 6.92 Å². The summed E-state index contributed by atoms with van der Waals surface area (Å²) in [5, 5.41) is 2.83. The van der Waals surface area contributed by atoms with E-state index < -0.39 is 5.91 Å². The van der Waals surface area contributed by atoms with Crippen LogP contribution in [0.1, 0.15) is 26.3 Å². The minimum absolute atomic E-state index is 0.305. The fourth-order valence-electron chi connectivity index (χ4n) is 2.37. The van der Waals surface area contributed by atoms with Crippen LogP contribution in [0.2, 0.25) is 0 Å². The Balaban J connectivity index is 1.78. The first-order chi connectivity index (χ1) is 12.5. The Morgan fingerprint density at radius 2 is 1.46 bits per heavy atom. The molecule has 5 nitrogen and oxygen atoms in total. The number of carbonyl (C=O) groups excluding carboxylic acids is 2. The number of nitrogens with one attached hydrogen (secondary N) is 1.